The van der Waals surface area contributed by atoms with Crippen molar-refractivity contribution in [1.29, 1.82) is 0 Å². The van der Waals surface area contributed by atoms with Gasteiger partial charge in [-0.25, -0.2) is 0 Å². The first-order chi connectivity index (χ1) is 9.99. The van der Waals surface area contributed by atoms with Gasteiger partial charge >= 0.3 is 0 Å². The minimum Gasteiger partial charge on any atom is -0.324 e. The molecule has 0 unspecified atom stereocenters. The quantitative estimate of drug-likeness (QED) is 0.668. The van der Waals surface area contributed by atoms with E-state index in [1.807, 2.05) is 4.90 Å². The van der Waals surface area contributed by atoms with Crippen LogP contribution in [-0.4, -0.2) is 36.7 Å². The van der Waals surface area contributed by atoms with Crippen LogP contribution in [0.5, 0.6) is 0 Å². The van der Waals surface area contributed by atoms with Crippen LogP contribution in [0.25, 0.3) is 0 Å². The lowest BCUT2D eigenvalue weighted by molar-refractivity contribution is -0.117. The van der Waals surface area contributed by atoms with Gasteiger partial charge in [0.2, 0.25) is 5.91 Å². The number of aldehydes is 1. The van der Waals surface area contributed by atoms with E-state index in [4.69, 9.17) is 34.8 Å². The highest BCUT2D eigenvalue weighted by Gasteiger charge is 2.20. The van der Waals surface area contributed by atoms with Crippen LogP contribution >= 0.6 is 34.8 Å². The SMILES string of the molecule is O=CC1CCN(CC(=O)Nc2cc(Cl)c(Cl)cc2Cl)CC1. The fraction of sp³-hybridized carbons (Fsp3) is 0.429. The Morgan fingerprint density at radius 3 is 2.43 bits per heavy atom. The number of benzene rings is 1. The van der Waals surface area contributed by atoms with Crippen LogP contribution in [-0.2, 0) is 9.59 Å². The summed E-state index contributed by atoms with van der Waals surface area (Å²) < 4.78 is 0. The van der Waals surface area contributed by atoms with Crippen LogP contribution in [0.15, 0.2) is 12.1 Å². The van der Waals surface area contributed by atoms with Crippen LogP contribution in [0.1, 0.15) is 12.8 Å². The van der Waals surface area contributed by atoms with E-state index in [0.29, 0.717) is 20.8 Å². The summed E-state index contributed by atoms with van der Waals surface area (Å²) in [5, 5.41) is 3.75. The first-order valence-corrected chi connectivity index (χ1v) is 7.75. The Morgan fingerprint density at radius 1 is 1.19 bits per heavy atom. The van der Waals surface area contributed by atoms with E-state index < -0.39 is 0 Å². The summed E-state index contributed by atoms with van der Waals surface area (Å²) in [6, 6.07) is 3.03. The average molecular weight is 350 g/mol. The lowest BCUT2D eigenvalue weighted by atomic mass is 9.99. The van der Waals surface area contributed by atoms with Crippen molar-refractivity contribution >= 4 is 52.7 Å². The summed E-state index contributed by atoms with van der Waals surface area (Å²) in [5.74, 6) is -0.0475. The van der Waals surface area contributed by atoms with Crippen molar-refractivity contribution in [3.05, 3.63) is 27.2 Å². The number of anilines is 1. The van der Waals surface area contributed by atoms with Crippen LogP contribution in [0.3, 0.4) is 0 Å². The molecular weight excluding hydrogens is 335 g/mol. The maximum Gasteiger partial charge on any atom is 0.238 e. The van der Waals surface area contributed by atoms with E-state index in [1.54, 1.807) is 0 Å². The Kier molecular flexibility index (Phi) is 5.88. The summed E-state index contributed by atoms with van der Waals surface area (Å²) in [7, 11) is 0. The number of rotatable bonds is 4. The molecule has 1 saturated heterocycles. The number of carbonyl (C=O) groups excluding carboxylic acids is 2. The highest BCUT2D eigenvalue weighted by atomic mass is 35.5. The molecule has 4 nitrogen and oxygen atoms in total. The number of halogens is 3. The molecule has 0 radical (unpaired) electrons. The van der Waals surface area contributed by atoms with Gasteiger partial charge in [0.25, 0.3) is 0 Å². The molecule has 0 saturated carbocycles. The second kappa shape index (κ2) is 7.45. The third-order valence-corrected chi connectivity index (χ3v) is 4.51. The summed E-state index contributed by atoms with van der Waals surface area (Å²) in [4.78, 5) is 24.7. The maximum atomic E-state index is 12.0. The van der Waals surface area contributed by atoms with Crippen LogP contribution in [0.4, 0.5) is 5.69 Å². The van der Waals surface area contributed by atoms with E-state index in [2.05, 4.69) is 5.32 Å². The maximum absolute atomic E-state index is 12.0. The smallest absolute Gasteiger partial charge is 0.238 e. The van der Waals surface area contributed by atoms with Gasteiger partial charge in [-0.15, -0.1) is 0 Å². The van der Waals surface area contributed by atoms with Crippen LogP contribution in [0, 0.1) is 5.92 Å². The molecule has 1 aliphatic heterocycles. The lowest BCUT2D eigenvalue weighted by Gasteiger charge is -2.28. The largest absolute Gasteiger partial charge is 0.324 e. The van der Waals surface area contributed by atoms with Crippen LogP contribution in [0.2, 0.25) is 15.1 Å². The zero-order valence-corrected chi connectivity index (χ0v) is 13.5. The Labute approximate surface area is 138 Å². The molecule has 0 aliphatic carbocycles. The van der Waals surface area contributed by atoms with Crippen molar-refractivity contribution in [1.82, 2.24) is 4.90 Å². The summed E-state index contributed by atoms with van der Waals surface area (Å²) >= 11 is 17.8. The molecule has 0 aromatic heterocycles. The van der Waals surface area contributed by atoms with Gasteiger partial charge < -0.3 is 10.1 Å². The van der Waals surface area contributed by atoms with Crippen molar-refractivity contribution < 1.29 is 9.59 Å². The molecule has 7 heteroatoms. The van der Waals surface area contributed by atoms with Gasteiger partial charge in [-0.1, -0.05) is 34.8 Å². The highest BCUT2D eigenvalue weighted by molar-refractivity contribution is 6.44. The summed E-state index contributed by atoms with van der Waals surface area (Å²) in [6.07, 6.45) is 2.58. The number of nitrogens with zero attached hydrogens (tertiary/aromatic N) is 1. The minimum atomic E-state index is -0.167. The first-order valence-electron chi connectivity index (χ1n) is 6.61. The van der Waals surface area contributed by atoms with E-state index in [1.165, 1.54) is 12.1 Å². The predicted octanol–water partition coefficient (Wildman–Crippen LogP) is 3.50. The summed E-state index contributed by atoms with van der Waals surface area (Å²) in [6.45, 7) is 1.75. The summed E-state index contributed by atoms with van der Waals surface area (Å²) in [5.41, 5.74) is 0.443. The second-order valence-corrected chi connectivity index (χ2v) is 6.27. The van der Waals surface area contributed by atoms with Crippen LogP contribution < -0.4 is 5.32 Å². The molecule has 1 aliphatic rings. The molecule has 1 amide bonds. The zero-order valence-electron chi connectivity index (χ0n) is 11.2. The van der Waals surface area contributed by atoms with Gasteiger partial charge in [-0.05, 0) is 38.1 Å². The van der Waals surface area contributed by atoms with Crippen molar-refractivity contribution in [2.24, 2.45) is 5.92 Å². The third-order valence-electron chi connectivity index (χ3n) is 3.48. The number of amides is 1. The normalized spacial score (nSPS) is 16.7. The standard InChI is InChI=1S/C14H15Cl3N2O2/c15-10-5-12(17)13(6-11(10)16)18-14(21)7-19-3-1-9(8-20)2-4-19/h5-6,8-9H,1-4,7H2,(H,18,21). The van der Waals surface area contributed by atoms with Crippen molar-refractivity contribution in [2.45, 2.75) is 12.8 Å². The topological polar surface area (TPSA) is 49.4 Å². The van der Waals surface area contributed by atoms with Crippen molar-refractivity contribution in [3.63, 3.8) is 0 Å². The molecule has 114 valence electrons. The fourth-order valence-corrected chi connectivity index (χ4v) is 2.85. The van der Waals surface area contributed by atoms with E-state index in [-0.39, 0.29) is 18.4 Å². The predicted molar refractivity (Wildman–Crippen MR) is 85.3 cm³/mol. The number of carbonyl (C=O) groups is 2. The number of piperidine rings is 1. The van der Waals surface area contributed by atoms with Gasteiger partial charge in [0.05, 0.1) is 27.3 Å². The molecule has 0 bridgehead atoms. The fourth-order valence-electron chi connectivity index (χ4n) is 2.26. The molecule has 1 aromatic carbocycles. The van der Waals surface area contributed by atoms with Gasteiger partial charge in [0.1, 0.15) is 6.29 Å². The lowest BCUT2D eigenvalue weighted by Crippen LogP contribution is -2.39. The highest BCUT2D eigenvalue weighted by Crippen LogP contribution is 2.32. The molecule has 1 heterocycles. The Hall–Kier alpha value is -0.810. The molecule has 1 N–H and O–H groups in total. The van der Waals surface area contributed by atoms with E-state index in [0.717, 1.165) is 32.2 Å². The number of likely N-dealkylation sites (tertiary alicyclic amines) is 1. The number of nitrogens with one attached hydrogen (secondary N) is 1. The van der Waals surface area contributed by atoms with Gasteiger partial charge in [-0.3, -0.25) is 9.69 Å². The van der Waals surface area contributed by atoms with Crippen molar-refractivity contribution in [3.8, 4) is 0 Å². The molecular formula is C14H15Cl3N2O2. The van der Waals surface area contributed by atoms with Crippen molar-refractivity contribution in [2.75, 3.05) is 25.0 Å². The second-order valence-electron chi connectivity index (χ2n) is 5.04. The Morgan fingerprint density at radius 2 is 1.81 bits per heavy atom. The average Bonchev–Trinajstić information content (AvgIpc) is 2.45. The van der Waals surface area contributed by atoms with Gasteiger partial charge in [0.15, 0.2) is 0 Å². The Balaban J connectivity index is 1.90. The Bertz CT molecular complexity index is 543. The molecule has 21 heavy (non-hydrogen) atoms. The molecule has 0 spiro atoms. The van der Waals surface area contributed by atoms with Gasteiger partial charge in [-0.2, -0.15) is 0 Å². The molecule has 1 fully saturated rings. The number of hydrogen-bond donors (Lipinski definition) is 1. The van der Waals surface area contributed by atoms with E-state index in [9.17, 15) is 9.59 Å². The molecule has 1 aromatic rings. The third kappa shape index (κ3) is 4.58. The van der Waals surface area contributed by atoms with E-state index >= 15 is 0 Å². The monoisotopic (exact) mass is 348 g/mol. The molecule has 2 rings (SSSR count). The minimum absolute atomic E-state index is 0.119. The van der Waals surface area contributed by atoms with Gasteiger partial charge in [0, 0.05) is 5.92 Å². The molecule has 0 atom stereocenters. The zero-order chi connectivity index (χ0) is 15.4. The number of hydrogen-bond acceptors (Lipinski definition) is 3. The first kappa shape index (κ1) is 16.6.